The summed E-state index contributed by atoms with van der Waals surface area (Å²) in [5.74, 6) is 2.47. The molecule has 0 bridgehead atoms. The van der Waals surface area contributed by atoms with E-state index in [1.165, 1.54) is 25.7 Å². The smallest absolute Gasteiger partial charge is 0.380 e. The van der Waals surface area contributed by atoms with Crippen molar-refractivity contribution in [3.8, 4) is 0 Å². The molecule has 25 heavy (non-hydrogen) atoms. The molecule has 0 saturated heterocycles. The highest BCUT2D eigenvalue weighted by molar-refractivity contribution is 5.23. The zero-order chi connectivity index (χ0) is 18.0. The number of aliphatic hydroxyl groups is 1. The van der Waals surface area contributed by atoms with Gasteiger partial charge in [-0.15, -0.1) is 0 Å². The lowest BCUT2D eigenvalue weighted by molar-refractivity contribution is -0.282. The molecule has 0 aliphatic heterocycles. The average molecular weight is 356 g/mol. The van der Waals surface area contributed by atoms with E-state index in [9.17, 15) is 18.3 Å². The van der Waals surface area contributed by atoms with Crippen molar-refractivity contribution in [2.75, 3.05) is 0 Å². The van der Waals surface area contributed by atoms with Gasteiger partial charge in [0, 0.05) is 0 Å². The Bertz CT molecular complexity index is 568. The molecule has 4 heteroatoms. The Hall–Kier alpha value is -0.510. The molecule has 0 aromatic carbocycles. The van der Waals surface area contributed by atoms with Crippen molar-refractivity contribution >= 4 is 0 Å². The van der Waals surface area contributed by atoms with E-state index in [4.69, 9.17) is 0 Å². The molecule has 0 unspecified atom stereocenters. The molecule has 0 aromatic rings. The third-order valence-corrected chi connectivity index (χ3v) is 8.73. The van der Waals surface area contributed by atoms with Crippen molar-refractivity contribution in [2.45, 2.75) is 83.4 Å². The Kier molecular flexibility index (Phi) is 4.11. The van der Waals surface area contributed by atoms with Gasteiger partial charge >= 0.3 is 6.18 Å². The molecule has 1 N–H and O–H groups in total. The molecule has 7 atom stereocenters. The van der Waals surface area contributed by atoms with Gasteiger partial charge in [-0.1, -0.05) is 18.6 Å². The zero-order valence-corrected chi connectivity index (χ0v) is 15.4. The highest BCUT2D eigenvalue weighted by Gasteiger charge is 2.61. The van der Waals surface area contributed by atoms with Crippen molar-refractivity contribution in [3.63, 3.8) is 0 Å². The molecule has 0 radical (unpaired) electrons. The molecule has 142 valence electrons. The van der Waals surface area contributed by atoms with Gasteiger partial charge in [0.15, 0.2) is 5.60 Å². The monoisotopic (exact) mass is 356 g/mol. The molecule has 4 saturated carbocycles. The van der Waals surface area contributed by atoms with Crippen LogP contribution in [0.1, 0.15) is 71.6 Å². The summed E-state index contributed by atoms with van der Waals surface area (Å²) in [4.78, 5) is 0. The Balaban J connectivity index is 1.54. The van der Waals surface area contributed by atoms with Crippen molar-refractivity contribution < 1.29 is 18.3 Å². The first-order valence-corrected chi connectivity index (χ1v) is 10.1. The summed E-state index contributed by atoms with van der Waals surface area (Å²) in [7, 11) is 0. The minimum atomic E-state index is -4.48. The number of allylic oxidation sites excluding steroid dienone is 2. The quantitative estimate of drug-likeness (QED) is 0.538. The van der Waals surface area contributed by atoms with Gasteiger partial charge in [-0.2, -0.15) is 13.2 Å². The number of halogens is 3. The predicted octanol–water partition coefficient (Wildman–Crippen LogP) is 5.88. The maximum Gasteiger partial charge on any atom is 0.417 e. The van der Waals surface area contributed by atoms with E-state index in [2.05, 4.69) is 19.9 Å². The standard InChI is InChI=1S/C21H31F3O/c1-3-14-5-7-18-17-6-4-13-12-20(25,21(22,23)24)11-9-15(13)16(17)8-10-19(14,18)2/h3,13,15-18,25H,4-12H2,1-2H3/b14-3-/t13-,15+,16-,17-,18+,19-,20-/m1/s1. The maximum atomic E-state index is 13.3. The Morgan fingerprint density at radius 3 is 2.40 bits per heavy atom. The lowest BCUT2D eigenvalue weighted by Crippen LogP contribution is -2.54. The van der Waals surface area contributed by atoms with E-state index in [0.717, 1.165) is 18.8 Å². The van der Waals surface area contributed by atoms with Crippen molar-refractivity contribution in [1.29, 1.82) is 0 Å². The minimum absolute atomic E-state index is 0.0631. The van der Waals surface area contributed by atoms with Crippen LogP contribution in [0.4, 0.5) is 13.2 Å². The Morgan fingerprint density at radius 2 is 1.72 bits per heavy atom. The van der Waals surface area contributed by atoms with Gasteiger partial charge in [0.05, 0.1) is 0 Å². The summed E-state index contributed by atoms with van der Waals surface area (Å²) in [5, 5.41) is 10.2. The Labute approximate surface area is 149 Å². The Morgan fingerprint density at radius 1 is 1.00 bits per heavy atom. The van der Waals surface area contributed by atoms with Crippen LogP contribution in [-0.4, -0.2) is 16.9 Å². The molecule has 4 rings (SSSR count). The summed E-state index contributed by atoms with van der Waals surface area (Å²) in [6.45, 7) is 4.59. The molecule has 0 aromatic heterocycles. The number of fused-ring (bicyclic) bond motifs is 5. The summed E-state index contributed by atoms with van der Waals surface area (Å²) >= 11 is 0. The SMILES string of the molecule is C/C=C1/CC[C@H]2[C@@H]3CC[C@@H]4C[C@@](O)(C(F)(F)F)CC[C@@H]4[C@H]3CC[C@]12C. The summed E-state index contributed by atoms with van der Waals surface area (Å²) in [6, 6.07) is 0. The molecule has 0 amide bonds. The van der Waals surface area contributed by atoms with Crippen molar-refractivity contribution in [1.82, 2.24) is 0 Å². The van der Waals surface area contributed by atoms with E-state index in [1.54, 1.807) is 5.57 Å². The lowest BCUT2D eigenvalue weighted by atomic mass is 9.49. The third-order valence-electron chi connectivity index (χ3n) is 8.73. The van der Waals surface area contributed by atoms with Crippen LogP contribution in [0.5, 0.6) is 0 Å². The molecule has 4 aliphatic rings. The van der Waals surface area contributed by atoms with Gasteiger partial charge in [-0.3, -0.25) is 0 Å². The number of hydrogen-bond acceptors (Lipinski definition) is 1. The first-order chi connectivity index (χ1) is 11.7. The van der Waals surface area contributed by atoms with E-state index in [0.29, 0.717) is 29.6 Å². The van der Waals surface area contributed by atoms with E-state index < -0.39 is 11.8 Å². The fourth-order valence-electron chi connectivity index (χ4n) is 7.46. The van der Waals surface area contributed by atoms with Crippen LogP contribution in [0, 0.1) is 35.0 Å². The van der Waals surface area contributed by atoms with Crippen LogP contribution in [-0.2, 0) is 0 Å². The molecule has 0 spiro atoms. The zero-order valence-electron chi connectivity index (χ0n) is 15.4. The predicted molar refractivity (Wildman–Crippen MR) is 91.9 cm³/mol. The maximum absolute atomic E-state index is 13.3. The van der Waals surface area contributed by atoms with Crippen LogP contribution >= 0.6 is 0 Å². The van der Waals surface area contributed by atoms with Gasteiger partial charge < -0.3 is 5.11 Å². The summed E-state index contributed by atoms with van der Waals surface area (Å²) in [6.07, 6.45) is 5.02. The molecular weight excluding hydrogens is 325 g/mol. The van der Waals surface area contributed by atoms with E-state index in [-0.39, 0.29) is 18.8 Å². The lowest BCUT2D eigenvalue weighted by Gasteiger charge is -2.56. The molecular formula is C21H31F3O. The van der Waals surface area contributed by atoms with E-state index in [1.807, 2.05) is 0 Å². The van der Waals surface area contributed by atoms with Gasteiger partial charge in [-0.05, 0) is 99.7 Å². The average Bonchev–Trinajstić information content (AvgIpc) is 2.89. The van der Waals surface area contributed by atoms with Crippen molar-refractivity contribution in [2.24, 2.45) is 35.0 Å². The summed E-state index contributed by atoms with van der Waals surface area (Å²) in [5.41, 5.74) is -0.479. The largest absolute Gasteiger partial charge is 0.417 e. The van der Waals surface area contributed by atoms with E-state index >= 15 is 0 Å². The molecule has 4 fully saturated rings. The molecule has 1 nitrogen and oxygen atoms in total. The second kappa shape index (κ2) is 5.74. The van der Waals surface area contributed by atoms with Crippen molar-refractivity contribution in [3.05, 3.63) is 11.6 Å². The number of hydrogen-bond donors (Lipinski definition) is 1. The summed E-state index contributed by atoms with van der Waals surface area (Å²) < 4.78 is 39.8. The normalized spacial score (nSPS) is 51.8. The second-order valence-corrected chi connectivity index (χ2v) is 9.52. The van der Waals surface area contributed by atoms with Gasteiger partial charge in [0.2, 0.25) is 0 Å². The van der Waals surface area contributed by atoms with Crippen LogP contribution in [0.25, 0.3) is 0 Å². The van der Waals surface area contributed by atoms with Crippen LogP contribution in [0.3, 0.4) is 0 Å². The fourth-order valence-corrected chi connectivity index (χ4v) is 7.46. The topological polar surface area (TPSA) is 20.2 Å². The second-order valence-electron chi connectivity index (χ2n) is 9.52. The third kappa shape index (κ3) is 2.53. The van der Waals surface area contributed by atoms with Gasteiger partial charge in [0.25, 0.3) is 0 Å². The fraction of sp³-hybridized carbons (Fsp3) is 0.905. The van der Waals surface area contributed by atoms with Crippen LogP contribution in [0.15, 0.2) is 11.6 Å². The van der Waals surface area contributed by atoms with Gasteiger partial charge in [0.1, 0.15) is 0 Å². The van der Waals surface area contributed by atoms with Gasteiger partial charge in [-0.25, -0.2) is 0 Å². The number of rotatable bonds is 0. The highest BCUT2D eigenvalue weighted by Crippen LogP contribution is 2.64. The first kappa shape index (κ1) is 17.9. The highest BCUT2D eigenvalue weighted by atomic mass is 19.4. The first-order valence-electron chi connectivity index (χ1n) is 10.1. The molecule has 0 heterocycles. The van der Waals surface area contributed by atoms with Crippen LogP contribution in [0.2, 0.25) is 0 Å². The van der Waals surface area contributed by atoms with Crippen LogP contribution < -0.4 is 0 Å². The molecule has 4 aliphatic carbocycles. The number of alkyl halides is 3. The minimum Gasteiger partial charge on any atom is -0.380 e.